The predicted molar refractivity (Wildman–Crippen MR) is 118 cm³/mol. The largest absolute Gasteiger partial charge is 0.348 e. The summed E-state index contributed by atoms with van der Waals surface area (Å²) in [7, 11) is 0. The molecular weight excluding hydrogens is 424 g/mol. The summed E-state index contributed by atoms with van der Waals surface area (Å²) in [5.74, 6) is -0.183. The van der Waals surface area contributed by atoms with Crippen molar-refractivity contribution in [2.45, 2.75) is 19.4 Å². The van der Waals surface area contributed by atoms with Gasteiger partial charge in [0, 0.05) is 31.1 Å². The Morgan fingerprint density at radius 1 is 1.19 bits per heavy atom. The number of nitrogens with zero attached hydrogens (tertiary/aromatic N) is 7. The molecule has 32 heavy (non-hydrogen) atoms. The lowest BCUT2D eigenvalue weighted by Crippen LogP contribution is -2.41. The number of fused-ring (bicyclic) bond motifs is 2. The third-order valence-electron chi connectivity index (χ3n) is 5.69. The first-order valence-electron chi connectivity index (χ1n) is 10.2. The van der Waals surface area contributed by atoms with Crippen LogP contribution in [0.5, 0.6) is 0 Å². The maximum atomic E-state index is 13.6. The standard InChI is InChI=1S/C22H18N8OS/c1-13-5-4-9-30-17(13)11-16(28-30)19-18-14(24-12-25-18)7-10-29(19)22(31)21-27-26-20(32-21)15-6-2-3-8-23-15/h2-6,8-9,11-12,19H,7,10H2,1H3,(H,24,25). The predicted octanol–water partition coefficient (Wildman–Crippen LogP) is 3.07. The summed E-state index contributed by atoms with van der Waals surface area (Å²) in [4.78, 5) is 27.4. The number of amides is 1. The van der Waals surface area contributed by atoms with Crippen LogP contribution in [-0.4, -0.2) is 52.1 Å². The monoisotopic (exact) mass is 442 g/mol. The summed E-state index contributed by atoms with van der Waals surface area (Å²) in [6.07, 6.45) is 5.98. The van der Waals surface area contributed by atoms with Gasteiger partial charge < -0.3 is 9.88 Å². The first-order valence-corrected chi connectivity index (χ1v) is 11.0. The topological polar surface area (TPSA) is 105 Å². The number of nitrogens with one attached hydrogen (secondary N) is 1. The number of pyridine rings is 2. The molecule has 0 aliphatic carbocycles. The zero-order valence-electron chi connectivity index (χ0n) is 17.1. The Morgan fingerprint density at radius 3 is 2.97 bits per heavy atom. The van der Waals surface area contributed by atoms with Gasteiger partial charge in [-0.15, -0.1) is 10.2 Å². The van der Waals surface area contributed by atoms with Crippen molar-refractivity contribution in [2.24, 2.45) is 0 Å². The molecule has 0 saturated heterocycles. The minimum atomic E-state index is -0.404. The molecule has 1 unspecified atom stereocenters. The molecule has 9 nitrogen and oxygen atoms in total. The molecule has 10 heteroatoms. The molecule has 1 N–H and O–H groups in total. The molecule has 0 fully saturated rings. The number of carbonyl (C=O) groups is 1. The van der Waals surface area contributed by atoms with Crippen LogP contribution in [0.3, 0.4) is 0 Å². The second kappa shape index (κ2) is 7.34. The number of aromatic amines is 1. The number of aryl methyl sites for hydroxylation is 1. The smallest absolute Gasteiger partial charge is 0.285 e. The Hall–Kier alpha value is -3.92. The minimum absolute atomic E-state index is 0.183. The molecule has 0 bridgehead atoms. The fourth-order valence-corrected chi connectivity index (χ4v) is 4.91. The number of rotatable bonds is 3. The van der Waals surface area contributed by atoms with Gasteiger partial charge in [-0.05, 0) is 36.8 Å². The van der Waals surface area contributed by atoms with Crippen molar-refractivity contribution in [3.63, 3.8) is 0 Å². The molecule has 5 aromatic heterocycles. The van der Waals surface area contributed by atoms with Crippen molar-refractivity contribution in [1.29, 1.82) is 0 Å². The summed E-state index contributed by atoms with van der Waals surface area (Å²) in [6.45, 7) is 2.58. The Balaban J connectivity index is 1.41. The van der Waals surface area contributed by atoms with Gasteiger partial charge in [-0.25, -0.2) is 9.50 Å². The van der Waals surface area contributed by atoms with Gasteiger partial charge in [0.2, 0.25) is 5.01 Å². The van der Waals surface area contributed by atoms with Gasteiger partial charge in [-0.3, -0.25) is 9.78 Å². The van der Waals surface area contributed by atoms with Gasteiger partial charge >= 0.3 is 0 Å². The van der Waals surface area contributed by atoms with Crippen LogP contribution in [-0.2, 0) is 6.42 Å². The number of aromatic nitrogens is 7. The summed E-state index contributed by atoms with van der Waals surface area (Å²) in [5, 5.41) is 14.1. The maximum Gasteiger partial charge on any atom is 0.285 e. The molecule has 1 amide bonds. The van der Waals surface area contributed by atoms with Crippen LogP contribution in [0.4, 0.5) is 0 Å². The first-order chi connectivity index (χ1) is 15.7. The van der Waals surface area contributed by atoms with E-state index in [-0.39, 0.29) is 5.91 Å². The minimum Gasteiger partial charge on any atom is -0.348 e. The molecule has 5 aromatic rings. The molecule has 0 radical (unpaired) electrons. The van der Waals surface area contributed by atoms with Crippen LogP contribution in [0.1, 0.15) is 38.5 Å². The normalized spacial score (nSPS) is 15.8. The first kappa shape index (κ1) is 18.8. The lowest BCUT2D eigenvalue weighted by Gasteiger charge is -2.33. The molecule has 0 aromatic carbocycles. The van der Waals surface area contributed by atoms with E-state index in [1.807, 2.05) is 54.0 Å². The SMILES string of the molecule is Cc1cccn2nc(C3c4nc[nH]c4CCN3C(=O)c3nnc(-c4ccccn4)s3)cc12. The third-order valence-corrected chi connectivity index (χ3v) is 6.62. The van der Waals surface area contributed by atoms with Crippen LogP contribution in [0.25, 0.3) is 16.2 Å². The van der Waals surface area contributed by atoms with Gasteiger partial charge in [0.15, 0.2) is 5.01 Å². The number of hydrogen-bond acceptors (Lipinski definition) is 7. The van der Waals surface area contributed by atoms with Crippen LogP contribution in [0, 0.1) is 6.92 Å². The van der Waals surface area contributed by atoms with Crippen LogP contribution in [0.15, 0.2) is 55.1 Å². The molecule has 1 aliphatic heterocycles. The molecule has 0 spiro atoms. The van der Waals surface area contributed by atoms with E-state index >= 15 is 0 Å². The van der Waals surface area contributed by atoms with Crippen molar-refractivity contribution in [3.05, 3.63) is 82.8 Å². The van der Waals surface area contributed by atoms with Gasteiger partial charge in [-0.1, -0.05) is 23.5 Å². The molecule has 6 rings (SSSR count). The zero-order chi connectivity index (χ0) is 21.7. The van der Waals surface area contributed by atoms with E-state index in [1.165, 1.54) is 11.3 Å². The van der Waals surface area contributed by atoms with E-state index in [1.54, 1.807) is 17.4 Å². The highest BCUT2D eigenvalue weighted by atomic mass is 32.1. The fraction of sp³-hybridized carbons (Fsp3) is 0.182. The number of H-pyrrole nitrogens is 1. The highest BCUT2D eigenvalue weighted by Crippen LogP contribution is 2.35. The van der Waals surface area contributed by atoms with Gasteiger partial charge in [0.1, 0.15) is 11.7 Å². The molecule has 6 heterocycles. The summed E-state index contributed by atoms with van der Waals surface area (Å²) in [5.41, 5.74) is 5.44. The average Bonchev–Trinajstić information content (AvgIpc) is 3.58. The Morgan fingerprint density at radius 2 is 2.12 bits per heavy atom. The van der Waals surface area contributed by atoms with E-state index in [0.29, 0.717) is 28.7 Å². The van der Waals surface area contributed by atoms with Crippen molar-refractivity contribution >= 4 is 22.8 Å². The van der Waals surface area contributed by atoms with Crippen LogP contribution >= 0.6 is 11.3 Å². The van der Waals surface area contributed by atoms with E-state index in [2.05, 4.69) is 25.1 Å². The number of carbonyl (C=O) groups excluding carboxylic acids is 1. The second-order valence-electron chi connectivity index (χ2n) is 7.63. The van der Waals surface area contributed by atoms with Gasteiger partial charge in [0.25, 0.3) is 5.91 Å². The number of imidazole rings is 1. The second-order valence-corrected chi connectivity index (χ2v) is 8.61. The summed E-state index contributed by atoms with van der Waals surface area (Å²) in [6, 6.07) is 11.2. The molecule has 158 valence electrons. The number of hydrogen-bond donors (Lipinski definition) is 1. The lowest BCUT2D eigenvalue weighted by atomic mass is 9.99. The van der Waals surface area contributed by atoms with E-state index in [4.69, 9.17) is 5.10 Å². The van der Waals surface area contributed by atoms with Crippen LogP contribution in [0.2, 0.25) is 0 Å². The van der Waals surface area contributed by atoms with Crippen molar-refractivity contribution in [1.82, 2.24) is 39.7 Å². The fourth-order valence-electron chi connectivity index (χ4n) is 4.13. The summed E-state index contributed by atoms with van der Waals surface area (Å²) < 4.78 is 1.85. The average molecular weight is 443 g/mol. The highest BCUT2D eigenvalue weighted by molar-refractivity contribution is 7.16. The Labute approximate surface area is 186 Å². The van der Waals surface area contributed by atoms with Crippen molar-refractivity contribution < 1.29 is 4.79 Å². The van der Waals surface area contributed by atoms with Gasteiger partial charge in [-0.2, -0.15) is 5.10 Å². The van der Waals surface area contributed by atoms with Crippen LogP contribution < -0.4 is 0 Å². The van der Waals surface area contributed by atoms with E-state index < -0.39 is 6.04 Å². The zero-order valence-corrected chi connectivity index (χ0v) is 18.0. The molecular formula is C22H18N8OS. The van der Waals surface area contributed by atoms with Crippen molar-refractivity contribution in [3.8, 4) is 10.7 Å². The molecule has 0 saturated carbocycles. The van der Waals surface area contributed by atoms with Gasteiger partial charge in [0.05, 0.1) is 23.2 Å². The Kier molecular flexibility index (Phi) is 4.32. The molecule has 1 atom stereocenters. The summed E-state index contributed by atoms with van der Waals surface area (Å²) >= 11 is 1.25. The molecule has 1 aliphatic rings. The Bertz CT molecular complexity index is 1440. The van der Waals surface area contributed by atoms with E-state index in [9.17, 15) is 4.79 Å². The van der Waals surface area contributed by atoms with E-state index in [0.717, 1.165) is 28.2 Å². The lowest BCUT2D eigenvalue weighted by molar-refractivity contribution is 0.0685. The highest BCUT2D eigenvalue weighted by Gasteiger charge is 2.37. The maximum absolute atomic E-state index is 13.6. The quantitative estimate of drug-likeness (QED) is 0.460. The third kappa shape index (κ3) is 2.99. The van der Waals surface area contributed by atoms with Crippen molar-refractivity contribution in [2.75, 3.05) is 6.54 Å².